The van der Waals surface area contributed by atoms with Crippen LogP contribution in [-0.2, 0) is 16.0 Å². The van der Waals surface area contributed by atoms with Crippen molar-refractivity contribution in [2.75, 3.05) is 6.61 Å². The van der Waals surface area contributed by atoms with Crippen molar-refractivity contribution in [3.05, 3.63) is 57.6 Å². The number of rotatable bonds is 4. The zero-order valence-corrected chi connectivity index (χ0v) is 14.1. The normalized spacial score (nSPS) is 16.0. The number of aromatic nitrogens is 2. The Morgan fingerprint density at radius 3 is 3.04 bits per heavy atom. The third-order valence-electron chi connectivity index (χ3n) is 3.83. The zero-order chi connectivity index (χ0) is 18.0. The minimum atomic E-state index is -0.532. The van der Waals surface area contributed by atoms with Crippen molar-refractivity contribution in [2.45, 2.75) is 19.3 Å². The third-order valence-corrected chi connectivity index (χ3v) is 4.06. The number of aromatic amines is 1. The van der Waals surface area contributed by atoms with Crippen LogP contribution in [0.5, 0.6) is 5.88 Å². The fraction of sp³-hybridized carbons (Fsp3) is 0.235. The molecule has 1 atom stereocenters. The van der Waals surface area contributed by atoms with Crippen molar-refractivity contribution in [2.24, 2.45) is 5.73 Å². The fourth-order valence-corrected chi connectivity index (χ4v) is 3.02. The number of hydrogen-bond donors (Lipinski definition) is 2. The zero-order valence-electron chi connectivity index (χ0n) is 13.4. The van der Waals surface area contributed by atoms with E-state index in [4.69, 9.17) is 26.8 Å². The van der Waals surface area contributed by atoms with Crippen LogP contribution >= 0.6 is 11.6 Å². The van der Waals surface area contributed by atoms with Crippen LogP contribution in [0.2, 0.25) is 5.02 Å². The number of benzene rings is 1. The number of nitrogens with two attached hydrogens (primary N) is 1. The van der Waals surface area contributed by atoms with E-state index in [9.17, 15) is 10.1 Å². The molecule has 128 valence electrons. The summed E-state index contributed by atoms with van der Waals surface area (Å²) in [6, 6.07) is 9.18. The lowest BCUT2D eigenvalue weighted by molar-refractivity contribution is -0.142. The number of fused-ring (bicyclic) bond motifs is 1. The van der Waals surface area contributed by atoms with Gasteiger partial charge >= 0.3 is 5.97 Å². The second-order valence-corrected chi connectivity index (χ2v) is 5.82. The number of carbonyl (C=O) groups excluding carboxylic acids is 1. The van der Waals surface area contributed by atoms with Crippen molar-refractivity contribution in [3.8, 4) is 11.9 Å². The lowest BCUT2D eigenvalue weighted by Gasteiger charge is -2.24. The van der Waals surface area contributed by atoms with Gasteiger partial charge in [0, 0.05) is 5.02 Å². The number of hydrogen-bond acceptors (Lipinski definition) is 6. The molecule has 1 aliphatic rings. The average molecular weight is 359 g/mol. The Hall–Kier alpha value is -2.98. The molecule has 1 aromatic heterocycles. The summed E-state index contributed by atoms with van der Waals surface area (Å²) in [7, 11) is 0. The van der Waals surface area contributed by atoms with E-state index in [1.807, 2.05) is 6.07 Å². The highest BCUT2D eigenvalue weighted by Crippen LogP contribution is 2.43. The number of nitriles is 1. The lowest BCUT2D eigenvalue weighted by Crippen LogP contribution is -2.22. The Bertz CT molecular complexity index is 898. The van der Waals surface area contributed by atoms with Gasteiger partial charge in [-0.25, -0.2) is 0 Å². The third kappa shape index (κ3) is 3.16. The number of carbonyl (C=O) groups is 1. The van der Waals surface area contributed by atoms with E-state index >= 15 is 0 Å². The minimum absolute atomic E-state index is 0.0186. The van der Waals surface area contributed by atoms with Crippen molar-refractivity contribution >= 4 is 17.6 Å². The molecule has 3 rings (SSSR count). The summed E-state index contributed by atoms with van der Waals surface area (Å²) in [5.41, 5.74) is 7.97. The molecule has 0 aliphatic carbocycles. The van der Waals surface area contributed by atoms with Gasteiger partial charge in [-0.2, -0.15) is 5.26 Å². The Morgan fingerprint density at radius 2 is 2.36 bits per heavy atom. The molecule has 1 aliphatic heterocycles. The predicted octanol–water partition coefficient (Wildman–Crippen LogP) is 2.39. The molecule has 0 fully saturated rings. The molecule has 3 N–H and O–H groups in total. The maximum atomic E-state index is 11.9. The lowest BCUT2D eigenvalue weighted by atomic mass is 9.83. The number of allylic oxidation sites excluding steroid dienone is 1. The van der Waals surface area contributed by atoms with E-state index in [1.165, 1.54) is 0 Å². The first kappa shape index (κ1) is 16.9. The molecule has 0 radical (unpaired) electrons. The standard InChI is InChI=1S/C17H15ClN4O3/c1-2-24-13(23)7-12-15-14(9-4-3-5-10(18)6-9)11(8-19)16(20)25-17(15)22-21-12/h3-6,14H,2,7,20H2,1H3,(H,21,22). The summed E-state index contributed by atoms with van der Waals surface area (Å²) in [6.45, 7) is 2.01. The molecule has 1 aromatic carbocycles. The van der Waals surface area contributed by atoms with E-state index in [0.29, 0.717) is 16.3 Å². The molecule has 1 unspecified atom stereocenters. The van der Waals surface area contributed by atoms with Crippen LogP contribution in [0, 0.1) is 11.3 Å². The summed E-state index contributed by atoms with van der Waals surface area (Å²) >= 11 is 6.10. The molecule has 0 saturated carbocycles. The highest BCUT2D eigenvalue weighted by atomic mass is 35.5. The number of nitrogens with zero attached hydrogens (tertiary/aromatic N) is 2. The number of nitrogens with one attached hydrogen (secondary N) is 1. The van der Waals surface area contributed by atoms with E-state index < -0.39 is 11.9 Å². The van der Waals surface area contributed by atoms with Gasteiger partial charge in [-0.1, -0.05) is 23.7 Å². The largest absolute Gasteiger partial charge is 0.466 e. The molecule has 8 heteroatoms. The maximum Gasteiger partial charge on any atom is 0.311 e. The first-order chi connectivity index (χ1) is 12.0. The first-order valence-corrected chi connectivity index (χ1v) is 7.98. The first-order valence-electron chi connectivity index (χ1n) is 7.61. The maximum absolute atomic E-state index is 11.9. The van der Waals surface area contributed by atoms with Crippen LogP contribution in [0.3, 0.4) is 0 Å². The average Bonchev–Trinajstić information content (AvgIpc) is 2.96. The Morgan fingerprint density at radius 1 is 1.56 bits per heavy atom. The highest BCUT2D eigenvalue weighted by Gasteiger charge is 2.35. The molecule has 7 nitrogen and oxygen atoms in total. The van der Waals surface area contributed by atoms with Crippen LogP contribution < -0.4 is 10.5 Å². The molecule has 0 amide bonds. The van der Waals surface area contributed by atoms with Crippen LogP contribution in [0.15, 0.2) is 35.7 Å². The highest BCUT2D eigenvalue weighted by molar-refractivity contribution is 6.30. The smallest absolute Gasteiger partial charge is 0.311 e. The number of halogens is 1. The van der Waals surface area contributed by atoms with E-state index in [0.717, 1.165) is 5.56 Å². The van der Waals surface area contributed by atoms with Crippen molar-refractivity contribution in [1.29, 1.82) is 5.26 Å². The topological polar surface area (TPSA) is 114 Å². The second kappa shape index (κ2) is 6.87. The molecule has 25 heavy (non-hydrogen) atoms. The molecule has 0 bridgehead atoms. The van der Waals surface area contributed by atoms with E-state index in [-0.39, 0.29) is 30.4 Å². The Labute approximate surface area is 149 Å². The molecule has 2 heterocycles. The summed E-state index contributed by atoms with van der Waals surface area (Å²) in [5.74, 6) is -0.717. The molecule has 0 spiro atoms. The molecule has 2 aromatic rings. The summed E-state index contributed by atoms with van der Waals surface area (Å²) in [4.78, 5) is 11.9. The quantitative estimate of drug-likeness (QED) is 0.811. The van der Waals surface area contributed by atoms with Gasteiger partial charge in [0.2, 0.25) is 11.8 Å². The number of H-pyrrole nitrogens is 1. The summed E-state index contributed by atoms with van der Waals surface area (Å²) in [6.07, 6.45) is -0.0186. The van der Waals surface area contributed by atoms with Crippen molar-refractivity contribution in [3.63, 3.8) is 0 Å². The Balaban J connectivity index is 2.12. The van der Waals surface area contributed by atoms with Gasteiger partial charge in [-0.3, -0.25) is 9.89 Å². The fourth-order valence-electron chi connectivity index (χ4n) is 2.82. The predicted molar refractivity (Wildman–Crippen MR) is 89.7 cm³/mol. The van der Waals surface area contributed by atoms with Gasteiger partial charge < -0.3 is 15.2 Å². The van der Waals surface area contributed by atoms with Crippen molar-refractivity contribution in [1.82, 2.24) is 10.2 Å². The monoisotopic (exact) mass is 358 g/mol. The Kier molecular flexibility index (Phi) is 4.63. The summed E-state index contributed by atoms with van der Waals surface area (Å²) < 4.78 is 10.4. The minimum Gasteiger partial charge on any atom is -0.466 e. The van der Waals surface area contributed by atoms with E-state index in [2.05, 4.69) is 16.3 Å². The van der Waals surface area contributed by atoms with Crippen LogP contribution in [0.25, 0.3) is 0 Å². The van der Waals surface area contributed by atoms with Gasteiger partial charge in [-0.05, 0) is 24.6 Å². The van der Waals surface area contributed by atoms with Crippen LogP contribution in [-0.4, -0.2) is 22.8 Å². The van der Waals surface area contributed by atoms with Gasteiger partial charge in [0.05, 0.1) is 30.2 Å². The van der Waals surface area contributed by atoms with Gasteiger partial charge in [0.1, 0.15) is 11.6 Å². The SMILES string of the molecule is CCOC(=O)Cc1[nH]nc2c1C(c1cccc(Cl)c1)C(C#N)=C(N)O2. The van der Waals surface area contributed by atoms with E-state index in [1.54, 1.807) is 25.1 Å². The summed E-state index contributed by atoms with van der Waals surface area (Å²) in [5, 5.41) is 16.9. The molecular weight excluding hydrogens is 344 g/mol. The van der Waals surface area contributed by atoms with Crippen LogP contribution in [0.1, 0.15) is 29.7 Å². The van der Waals surface area contributed by atoms with Gasteiger partial charge in [-0.15, -0.1) is 5.10 Å². The van der Waals surface area contributed by atoms with Gasteiger partial charge in [0.15, 0.2) is 0 Å². The second-order valence-electron chi connectivity index (χ2n) is 5.38. The number of ether oxygens (including phenoxy) is 2. The van der Waals surface area contributed by atoms with Gasteiger partial charge in [0.25, 0.3) is 0 Å². The van der Waals surface area contributed by atoms with Crippen LogP contribution in [0.4, 0.5) is 0 Å². The molecule has 0 saturated heterocycles. The van der Waals surface area contributed by atoms with Crippen molar-refractivity contribution < 1.29 is 14.3 Å². The molecular formula is C17H15ClN4O3. The number of esters is 1.